The van der Waals surface area contributed by atoms with Gasteiger partial charge in [-0.1, -0.05) is 95.7 Å². The SMILES string of the molecule is CC[C@@H](C)NC(=O)[C@H](Cc1ccccc1)N(Cc1ccc(Br)cc1)C(=O)CCSCc1ccccc1. The Balaban J connectivity index is 1.80. The lowest BCUT2D eigenvalue weighted by Crippen LogP contribution is -2.52. The molecule has 3 aromatic rings. The van der Waals surface area contributed by atoms with E-state index in [2.05, 4.69) is 33.4 Å². The third-order valence-electron chi connectivity index (χ3n) is 6.11. The summed E-state index contributed by atoms with van der Waals surface area (Å²) in [4.78, 5) is 28.9. The van der Waals surface area contributed by atoms with Gasteiger partial charge in [-0.2, -0.15) is 11.8 Å². The second kappa shape index (κ2) is 14.9. The monoisotopic (exact) mass is 566 g/mol. The molecule has 1 N–H and O–H groups in total. The maximum Gasteiger partial charge on any atom is 0.243 e. The molecule has 0 radical (unpaired) electrons. The van der Waals surface area contributed by atoms with Crippen molar-refractivity contribution in [2.75, 3.05) is 5.75 Å². The number of nitrogens with zero attached hydrogens (tertiary/aromatic N) is 1. The number of halogens is 1. The zero-order valence-corrected chi connectivity index (χ0v) is 23.4. The molecule has 0 bridgehead atoms. The van der Waals surface area contributed by atoms with Crippen molar-refractivity contribution >= 4 is 39.5 Å². The topological polar surface area (TPSA) is 49.4 Å². The Morgan fingerprint density at radius 2 is 1.50 bits per heavy atom. The fourth-order valence-electron chi connectivity index (χ4n) is 3.85. The van der Waals surface area contributed by atoms with Gasteiger partial charge in [-0.05, 0) is 42.2 Å². The zero-order chi connectivity index (χ0) is 25.8. The number of nitrogens with one attached hydrogen (secondary N) is 1. The Bertz CT molecular complexity index is 1080. The van der Waals surface area contributed by atoms with Crippen LogP contribution >= 0.6 is 27.7 Å². The summed E-state index contributed by atoms with van der Waals surface area (Å²) in [6, 6.07) is 27.6. The van der Waals surface area contributed by atoms with Gasteiger partial charge in [-0.25, -0.2) is 0 Å². The van der Waals surface area contributed by atoms with Crippen molar-refractivity contribution in [1.29, 1.82) is 0 Å². The van der Waals surface area contributed by atoms with Crippen LogP contribution in [0.2, 0.25) is 0 Å². The van der Waals surface area contributed by atoms with Gasteiger partial charge in [0.05, 0.1) is 0 Å². The van der Waals surface area contributed by atoms with Crippen LogP contribution in [0, 0.1) is 0 Å². The Labute approximate surface area is 228 Å². The lowest BCUT2D eigenvalue weighted by atomic mass is 10.0. The first-order valence-corrected chi connectivity index (χ1v) is 14.4. The van der Waals surface area contributed by atoms with Gasteiger partial charge in [0.2, 0.25) is 11.8 Å². The lowest BCUT2D eigenvalue weighted by Gasteiger charge is -2.32. The van der Waals surface area contributed by atoms with E-state index >= 15 is 0 Å². The van der Waals surface area contributed by atoms with Crippen LogP contribution in [0.3, 0.4) is 0 Å². The minimum atomic E-state index is -0.586. The maximum atomic E-state index is 13.6. The predicted molar refractivity (Wildman–Crippen MR) is 154 cm³/mol. The molecule has 3 rings (SSSR count). The highest BCUT2D eigenvalue weighted by atomic mass is 79.9. The number of carbonyl (C=O) groups excluding carboxylic acids is 2. The summed E-state index contributed by atoms with van der Waals surface area (Å²) >= 11 is 5.23. The largest absolute Gasteiger partial charge is 0.352 e. The molecule has 0 fully saturated rings. The Morgan fingerprint density at radius 3 is 2.11 bits per heavy atom. The summed E-state index contributed by atoms with van der Waals surface area (Å²) < 4.78 is 0.983. The van der Waals surface area contributed by atoms with E-state index in [1.807, 2.05) is 86.6 Å². The molecule has 2 amide bonds. The minimum absolute atomic E-state index is 0.00119. The molecule has 190 valence electrons. The summed E-state index contributed by atoms with van der Waals surface area (Å²) in [7, 11) is 0. The average molecular weight is 568 g/mol. The van der Waals surface area contributed by atoms with E-state index in [1.165, 1.54) is 5.56 Å². The molecule has 2 atom stereocenters. The molecule has 0 saturated heterocycles. The highest BCUT2D eigenvalue weighted by Gasteiger charge is 2.30. The molecule has 0 spiro atoms. The van der Waals surface area contributed by atoms with Crippen LogP contribution in [0.4, 0.5) is 0 Å². The minimum Gasteiger partial charge on any atom is -0.352 e. The summed E-state index contributed by atoms with van der Waals surface area (Å²) in [5.74, 6) is 1.47. The molecule has 6 heteroatoms. The molecule has 0 aliphatic rings. The summed E-state index contributed by atoms with van der Waals surface area (Å²) in [5.41, 5.74) is 3.28. The van der Waals surface area contributed by atoms with Crippen LogP contribution in [-0.2, 0) is 28.3 Å². The number of amides is 2. The summed E-state index contributed by atoms with van der Waals surface area (Å²) in [6.07, 6.45) is 1.69. The first kappa shape index (κ1) is 28.0. The Morgan fingerprint density at radius 1 is 0.889 bits per heavy atom. The smallest absolute Gasteiger partial charge is 0.243 e. The van der Waals surface area contributed by atoms with Gasteiger partial charge in [-0.3, -0.25) is 9.59 Å². The van der Waals surface area contributed by atoms with Gasteiger partial charge in [0, 0.05) is 41.4 Å². The van der Waals surface area contributed by atoms with Gasteiger partial charge in [0.1, 0.15) is 6.04 Å². The van der Waals surface area contributed by atoms with Crippen molar-refractivity contribution in [3.05, 3.63) is 106 Å². The second-order valence-corrected chi connectivity index (χ2v) is 11.0. The van der Waals surface area contributed by atoms with Crippen LogP contribution in [0.5, 0.6) is 0 Å². The van der Waals surface area contributed by atoms with Crippen molar-refractivity contribution in [2.24, 2.45) is 0 Å². The molecule has 0 aromatic heterocycles. The van der Waals surface area contributed by atoms with E-state index in [1.54, 1.807) is 16.7 Å². The molecular formula is C30H35BrN2O2S. The Hall–Kier alpha value is -2.57. The predicted octanol–water partition coefficient (Wildman–Crippen LogP) is 6.63. The maximum absolute atomic E-state index is 13.6. The van der Waals surface area contributed by atoms with Crippen molar-refractivity contribution < 1.29 is 9.59 Å². The third-order valence-corrected chi connectivity index (χ3v) is 7.67. The molecule has 0 heterocycles. The van der Waals surface area contributed by atoms with Gasteiger partial charge in [0.15, 0.2) is 0 Å². The van der Waals surface area contributed by atoms with E-state index in [0.717, 1.165) is 27.8 Å². The third kappa shape index (κ3) is 9.14. The summed E-state index contributed by atoms with van der Waals surface area (Å²) in [5, 5.41) is 3.12. The van der Waals surface area contributed by atoms with Gasteiger partial charge in [0.25, 0.3) is 0 Å². The number of hydrogen-bond donors (Lipinski definition) is 1. The van der Waals surface area contributed by atoms with Crippen LogP contribution < -0.4 is 5.32 Å². The van der Waals surface area contributed by atoms with Crippen molar-refractivity contribution in [3.8, 4) is 0 Å². The van der Waals surface area contributed by atoms with Crippen LogP contribution in [-0.4, -0.2) is 34.6 Å². The number of thioether (sulfide) groups is 1. The van der Waals surface area contributed by atoms with Crippen LogP contribution in [0.25, 0.3) is 0 Å². The molecule has 0 unspecified atom stereocenters. The van der Waals surface area contributed by atoms with Crippen LogP contribution in [0.15, 0.2) is 89.4 Å². The first-order valence-electron chi connectivity index (χ1n) is 12.5. The highest BCUT2D eigenvalue weighted by molar-refractivity contribution is 9.10. The van der Waals surface area contributed by atoms with Gasteiger partial charge >= 0.3 is 0 Å². The van der Waals surface area contributed by atoms with Crippen molar-refractivity contribution in [3.63, 3.8) is 0 Å². The van der Waals surface area contributed by atoms with Crippen LogP contribution in [0.1, 0.15) is 43.4 Å². The standard InChI is InChI=1S/C30H35BrN2O2S/c1-3-23(2)32-30(35)28(20-24-10-6-4-7-11-24)33(21-25-14-16-27(31)17-15-25)29(34)18-19-36-22-26-12-8-5-9-13-26/h4-17,23,28H,3,18-22H2,1-2H3,(H,32,35)/t23-,28+/m1/s1. The number of carbonyl (C=O) groups is 2. The van der Waals surface area contributed by atoms with E-state index in [-0.39, 0.29) is 17.9 Å². The van der Waals surface area contributed by atoms with E-state index < -0.39 is 6.04 Å². The van der Waals surface area contributed by atoms with E-state index in [9.17, 15) is 9.59 Å². The van der Waals surface area contributed by atoms with Gasteiger partial charge in [-0.15, -0.1) is 0 Å². The van der Waals surface area contributed by atoms with Crippen molar-refractivity contribution in [1.82, 2.24) is 10.2 Å². The molecular weight excluding hydrogens is 532 g/mol. The quantitative estimate of drug-likeness (QED) is 0.236. The molecule has 4 nitrogen and oxygen atoms in total. The molecule has 0 aliphatic heterocycles. The Kier molecular flexibility index (Phi) is 11.6. The normalized spacial score (nSPS) is 12.5. The second-order valence-electron chi connectivity index (χ2n) is 8.96. The van der Waals surface area contributed by atoms with E-state index in [4.69, 9.17) is 0 Å². The number of hydrogen-bond acceptors (Lipinski definition) is 3. The molecule has 36 heavy (non-hydrogen) atoms. The molecule has 3 aromatic carbocycles. The molecule has 0 saturated carbocycles. The summed E-state index contributed by atoms with van der Waals surface area (Å²) in [6.45, 7) is 4.44. The van der Waals surface area contributed by atoms with Gasteiger partial charge < -0.3 is 10.2 Å². The fourth-order valence-corrected chi connectivity index (χ4v) is 5.00. The fraction of sp³-hybridized carbons (Fsp3) is 0.333. The zero-order valence-electron chi connectivity index (χ0n) is 21.0. The average Bonchev–Trinajstić information content (AvgIpc) is 2.90. The molecule has 0 aliphatic carbocycles. The first-order chi connectivity index (χ1) is 17.5. The highest BCUT2D eigenvalue weighted by Crippen LogP contribution is 2.20. The number of benzene rings is 3. The van der Waals surface area contributed by atoms with Crippen molar-refractivity contribution in [2.45, 2.75) is 57.5 Å². The van der Waals surface area contributed by atoms with E-state index in [0.29, 0.717) is 25.1 Å². The lowest BCUT2D eigenvalue weighted by molar-refractivity contribution is -0.141. The number of rotatable bonds is 13.